The van der Waals surface area contributed by atoms with Gasteiger partial charge in [-0.3, -0.25) is 14.4 Å². The van der Waals surface area contributed by atoms with E-state index >= 15 is 0 Å². The lowest BCUT2D eigenvalue weighted by Crippen LogP contribution is -2.30. The first kappa shape index (κ1) is 33.7. The molecule has 0 radical (unpaired) electrons. The Hall–Kier alpha value is -5.64. The molecule has 4 N–H and O–H groups in total. The van der Waals surface area contributed by atoms with E-state index < -0.39 is 23.0 Å². The van der Waals surface area contributed by atoms with E-state index in [2.05, 4.69) is 16.0 Å². The van der Waals surface area contributed by atoms with Crippen molar-refractivity contribution in [2.75, 3.05) is 10.6 Å². The van der Waals surface area contributed by atoms with Gasteiger partial charge in [-0.05, 0) is 78.2 Å². The van der Waals surface area contributed by atoms with Crippen molar-refractivity contribution in [3.8, 4) is 11.1 Å². The number of benzene rings is 5. The van der Waals surface area contributed by atoms with Crippen LogP contribution in [0.4, 0.5) is 11.4 Å². The van der Waals surface area contributed by atoms with Gasteiger partial charge in [-0.2, -0.15) is 0 Å². The summed E-state index contributed by atoms with van der Waals surface area (Å²) in [4.78, 5) is 51.7. The number of rotatable bonds is 11. The minimum atomic E-state index is -1.20. The smallest absolute Gasteiger partial charge is 0.337 e. The maximum absolute atomic E-state index is 13.6. The van der Waals surface area contributed by atoms with Gasteiger partial charge in [0.1, 0.15) is 5.70 Å². The molecule has 5 aromatic rings. The van der Waals surface area contributed by atoms with Crippen molar-refractivity contribution in [1.82, 2.24) is 5.32 Å². The summed E-state index contributed by atoms with van der Waals surface area (Å²) in [6.07, 6.45) is 1.61. The quantitative estimate of drug-likeness (QED) is 0.0826. The number of carbonyl (C=O) groups is 4. The summed E-state index contributed by atoms with van der Waals surface area (Å²) in [6.45, 7) is 1.71. The maximum atomic E-state index is 13.6. The number of nitrogens with one attached hydrogen (secondary N) is 3. The van der Waals surface area contributed by atoms with E-state index in [1.165, 1.54) is 30.0 Å². The van der Waals surface area contributed by atoms with E-state index in [4.69, 9.17) is 11.6 Å². The topological polar surface area (TPSA) is 125 Å². The van der Waals surface area contributed by atoms with Gasteiger partial charge in [0, 0.05) is 21.8 Å². The summed E-state index contributed by atoms with van der Waals surface area (Å²) in [6, 6.07) is 37.4. The number of carboxylic acid groups (broad SMARTS) is 1. The van der Waals surface area contributed by atoms with Crippen LogP contribution in [0.3, 0.4) is 0 Å². The van der Waals surface area contributed by atoms with Gasteiger partial charge in [-0.15, -0.1) is 11.8 Å². The predicted octanol–water partition coefficient (Wildman–Crippen LogP) is 8.23. The molecule has 0 saturated carbocycles. The first-order valence-corrected chi connectivity index (χ1v) is 16.1. The number of hydrogen-bond donors (Lipinski definition) is 4. The molecule has 0 aromatic heterocycles. The van der Waals surface area contributed by atoms with Crippen LogP contribution < -0.4 is 16.0 Å². The molecule has 5 rings (SSSR count). The van der Waals surface area contributed by atoms with Crippen LogP contribution in [0.5, 0.6) is 0 Å². The maximum Gasteiger partial charge on any atom is 0.337 e. The van der Waals surface area contributed by atoms with E-state index in [9.17, 15) is 24.3 Å². The molecule has 0 bridgehead atoms. The molecule has 0 spiro atoms. The number of thioether (sulfide) groups is 1. The second-order valence-electron chi connectivity index (χ2n) is 10.6. The van der Waals surface area contributed by atoms with Crippen molar-refractivity contribution in [3.63, 3.8) is 0 Å². The van der Waals surface area contributed by atoms with Gasteiger partial charge in [0.05, 0.1) is 15.8 Å². The average molecular weight is 676 g/mol. The molecule has 1 unspecified atom stereocenters. The lowest BCUT2D eigenvalue weighted by molar-refractivity contribution is -0.115. The first-order chi connectivity index (χ1) is 23.2. The number of hydrogen-bond acceptors (Lipinski definition) is 5. The fourth-order valence-electron chi connectivity index (χ4n) is 4.63. The van der Waals surface area contributed by atoms with Gasteiger partial charge in [-0.25, -0.2) is 4.79 Å². The standard InChI is InChI=1S/C38H30ClN3O5S/c1-24(35(43)40-30-19-20-33(39)32(23-30)38(46)47)48-31-14-8-13-29(22-31)41-37(45)34(42-36(44)28-11-6-3-7-12-28)21-25-15-17-27(18-16-25)26-9-4-2-5-10-26/h2-24H,1H3,(H,40,43)(H,41,45)(H,42,44)(H,46,47)/b34-21+. The first-order valence-electron chi connectivity index (χ1n) is 14.8. The molecule has 0 aliphatic rings. The molecule has 0 saturated heterocycles. The van der Waals surface area contributed by atoms with Crippen molar-refractivity contribution in [1.29, 1.82) is 0 Å². The predicted molar refractivity (Wildman–Crippen MR) is 191 cm³/mol. The average Bonchev–Trinajstić information content (AvgIpc) is 3.09. The molecule has 240 valence electrons. The third-order valence-corrected chi connectivity index (χ3v) is 8.52. The van der Waals surface area contributed by atoms with Crippen molar-refractivity contribution in [3.05, 3.63) is 155 Å². The molecule has 48 heavy (non-hydrogen) atoms. The molecule has 5 aromatic carbocycles. The number of anilines is 2. The minimum Gasteiger partial charge on any atom is -0.478 e. The Bertz CT molecular complexity index is 1980. The molecule has 0 aliphatic carbocycles. The van der Waals surface area contributed by atoms with Crippen molar-refractivity contribution in [2.45, 2.75) is 17.1 Å². The Morgan fingerprint density at radius 2 is 1.38 bits per heavy atom. The van der Waals surface area contributed by atoms with Crippen LogP contribution in [0.2, 0.25) is 5.02 Å². The summed E-state index contributed by atoms with van der Waals surface area (Å²) in [7, 11) is 0. The SMILES string of the molecule is CC(Sc1cccc(NC(=O)/C(=C\c2ccc(-c3ccccc3)cc2)NC(=O)c2ccccc2)c1)C(=O)Nc1ccc(Cl)c(C(=O)O)c1. The second kappa shape index (κ2) is 15.8. The lowest BCUT2D eigenvalue weighted by Gasteiger charge is -2.14. The Labute approximate surface area is 286 Å². The van der Waals surface area contributed by atoms with E-state index in [0.717, 1.165) is 11.1 Å². The zero-order chi connectivity index (χ0) is 34.0. The zero-order valence-electron chi connectivity index (χ0n) is 25.6. The Morgan fingerprint density at radius 1 is 0.729 bits per heavy atom. The number of carbonyl (C=O) groups excluding carboxylic acids is 3. The molecular weight excluding hydrogens is 646 g/mol. The highest BCUT2D eigenvalue weighted by molar-refractivity contribution is 8.00. The lowest BCUT2D eigenvalue weighted by atomic mass is 10.0. The van der Waals surface area contributed by atoms with Gasteiger partial charge in [0.2, 0.25) is 5.91 Å². The minimum absolute atomic E-state index is 0.0470. The number of aromatic carboxylic acids is 1. The summed E-state index contributed by atoms with van der Waals surface area (Å²) in [5.74, 6) is -2.51. The van der Waals surface area contributed by atoms with Gasteiger partial charge in [-0.1, -0.05) is 90.5 Å². The van der Waals surface area contributed by atoms with Crippen molar-refractivity contribution >= 4 is 64.5 Å². The van der Waals surface area contributed by atoms with Crippen LogP contribution in [-0.4, -0.2) is 34.0 Å². The van der Waals surface area contributed by atoms with E-state index in [-0.39, 0.29) is 22.2 Å². The van der Waals surface area contributed by atoms with Crippen LogP contribution in [0.15, 0.2) is 138 Å². The molecule has 0 fully saturated rings. The molecule has 1 atom stereocenters. The fraction of sp³-hybridized carbons (Fsp3) is 0.0526. The molecule has 10 heteroatoms. The zero-order valence-corrected chi connectivity index (χ0v) is 27.2. The molecule has 0 heterocycles. The van der Waals surface area contributed by atoms with Gasteiger partial charge >= 0.3 is 5.97 Å². The highest BCUT2D eigenvalue weighted by atomic mass is 35.5. The normalized spacial score (nSPS) is 11.7. The summed E-state index contributed by atoms with van der Waals surface area (Å²) in [5.41, 5.74) is 3.89. The number of amides is 3. The van der Waals surface area contributed by atoms with Crippen LogP contribution >= 0.6 is 23.4 Å². The largest absolute Gasteiger partial charge is 0.478 e. The molecular formula is C38H30ClN3O5S. The van der Waals surface area contributed by atoms with Gasteiger partial charge in [0.15, 0.2) is 0 Å². The van der Waals surface area contributed by atoms with E-state index in [0.29, 0.717) is 27.4 Å². The Kier molecular flexibility index (Phi) is 11.1. The van der Waals surface area contributed by atoms with E-state index in [1.54, 1.807) is 67.6 Å². The van der Waals surface area contributed by atoms with Crippen LogP contribution in [0.25, 0.3) is 17.2 Å². The Balaban J connectivity index is 1.31. The van der Waals surface area contributed by atoms with E-state index in [1.807, 2.05) is 54.6 Å². The highest BCUT2D eigenvalue weighted by Crippen LogP contribution is 2.28. The monoisotopic (exact) mass is 675 g/mol. The molecule has 8 nitrogen and oxygen atoms in total. The van der Waals surface area contributed by atoms with Crippen LogP contribution in [0.1, 0.15) is 33.2 Å². The number of halogens is 1. The van der Waals surface area contributed by atoms with Gasteiger partial charge < -0.3 is 21.1 Å². The molecule has 0 aliphatic heterocycles. The van der Waals surface area contributed by atoms with Crippen molar-refractivity contribution < 1.29 is 24.3 Å². The van der Waals surface area contributed by atoms with Gasteiger partial charge in [0.25, 0.3) is 11.8 Å². The summed E-state index contributed by atoms with van der Waals surface area (Å²) in [5, 5.41) is 17.1. The summed E-state index contributed by atoms with van der Waals surface area (Å²) >= 11 is 7.19. The Morgan fingerprint density at radius 3 is 2.06 bits per heavy atom. The number of carboxylic acids is 1. The second-order valence-corrected chi connectivity index (χ2v) is 12.4. The van der Waals surface area contributed by atoms with Crippen LogP contribution in [0, 0.1) is 0 Å². The highest BCUT2D eigenvalue weighted by Gasteiger charge is 2.18. The third kappa shape index (κ3) is 9.00. The third-order valence-electron chi connectivity index (χ3n) is 7.10. The van der Waals surface area contributed by atoms with Crippen molar-refractivity contribution in [2.24, 2.45) is 0 Å². The summed E-state index contributed by atoms with van der Waals surface area (Å²) < 4.78 is 0. The van der Waals surface area contributed by atoms with Crippen LogP contribution in [-0.2, 0) is 9.59 Å². The fourth-order valence-corrected chi connectivity index (χ4v) is 5.75. The molecule has 3 amide bonds.